The van der Waals surface area contributed by atoms with Crippen molar-refractivity contribution in [1.82, 2.24) is 0 Å². The first-order valence-corrected chi connectivity index (χ1v) is 4.76. The normalized spacial score (nSPS) is 22.0. The summed E-state index contributed by atoms with van der Waals surface area (Å²) in [5, 5.41) is 0. The molecule has 0 aromatic heterocycles. The summed E-state index contributed by atoms with van der Waals surface area (Å²) in [5.74, 6) is 0. The molecule has 0 saturated heterocycles. The molecule has 2 nitrogen and oxygen atoms in total. The predicted octanol–water partition coefficient (Wildman–Crippen LogP) is 1.26. The van der Waals surface area contributed by atoms with Crippen LogP contribution in [-0.4, -0.2) is 6.61 Å². The molecule has 1 aromatic rings. The van der Waals surface area contributed by atoms with Crippen LogP contribution >= 0.6 is 15.9 Å². The van der Waals surface area contributed by atoms with Gasteiger partial charge in [-0.1, -0.05) is 22.0 Å². The highest BCUT2D eigenvalue weighted by atomic mass is 79.9. The Morgan fingerprint density at radius 3 is 3.17 bits per heavy atom. The minimum absolute atomic E-state index is 0.284. The Morgan fingerprint density at radius 2 is 2.33 bits per heavy atom. The molecule has 1 aliphatic rings. The quantitative estimate of drug-likeness (QED) is 0.714. The van der Waals surface area contributed by atoms with Gasteiger partial charge in [-0.25, -0.2) is 0 Å². The lowest BCUT2D eigenvalue weighted by Crippen LogP contribution is -2.56. The molecule has 0 saturated carbocycles. The first kappa shape index (κ1) is 8.23. The maximum atomic E-state index is 5.37. The van der Waals surface area contributed by atoms with Gasteiger partial charge in [0.15, 0.2) is 0 Å². The van der Waals surface area contributed by atoms with Crippen LogP contribution in [-0.2, 0) is 11.3 Å². The third-order valence-electron chi connectivity index (χ3n) is 2.12. The summed E-state index contributed by atoms with van der Waals surface area (Å²) in [6.07, 6.45) is 0. The zero-order valence-corrected chi connectivity index (χ0v) is 8.30. The smallest absolute Gasteiger partial charge is 0.134 e. The molecule has 1 aromatic carbocycles. The second-order valence-electron chi connectivity index (χ2n) is 3.06. The molecule has 64 valence electrons. The molecular formula is C9H11BrNO+. The summed E-state index contributed by atoms with van der Waals surface area (Å²) in [7, 11) is 0. The highest BCUT2D eigenvalue weighted by Crippen LogP contribution is 2.24. The predicted molar refractivity (Wildman–Crippen MR) is 49.4 cm³/mol. The van der Waals surface area contributed by atoms with Gasteiger partial charge in [0.05, 0.1) is 6.61 Å². The molecular weight excluding hydrogens is 218 g/mol. The Morgan fingerprint density at radius 1 is 1.50 bits per heavy atom. The summed E-state index contributed by atoms with van der Waals surface area (Å²) >= 11 is 3.45. The van der Waals surface area contributed by atoms with Crippen molar-refractivity contribution < 1.29 is 10.5 Å². The van der Waals surface area contributed by atoms with E-state index in [1.165, 1.54) is 11.1 Å². The van der Waals surface area contributed by atoms with Crippen LogP contribution in [0.15, 0.2) is 22.7 Å². The van der Waals surface area contributed by atoms with Gasteiger partial charge in [0.1, 0.15) is 12.6 Å². The van der Waals surface area contributed by atoms with Crippen LogP contribution < -0.4 is 5.73 Å². The van der Waals surface area contributed by atoms with Crippen LogP contribution in [0.5, 0.6) is 0 Å². The number of hydrogen-bond donors (Lipinski definition) is 1. The molecule has 3 N–H and O–H groups in total. The molecule has 1 atom stereocenters. The number of hydrogen-bond acceptors (Lipinski definition) is 1. The maximum Gasteiger partial charge on any atom is 0.134 e. The van der Waals surface area contributed by atoms with E-state index in [0.29, 0.717) is 0 Å². The minimum atomic E-state index is 0.284. The Kier molecular flexibility index (Phi) is 2.17. The lowest BCUT2D eigenvalue weighted by Gasteiger charge is -2.19. The van der Waals surface area contributed by atoms with E-state index in [0.717, 1.165) is 17.7 Å². The van der Waals surface area contributed by atoms with Crippen molar-refractivity contribution in [2.24, 2.45) is 0 Å². The summed E-state index contributed by atoms with van der Waals surface area (Å²) in [5.41, 5.74) is 6.62. The fourth-order valence-electron chi connectivity index (χ4n) is 1.48. The van der Waals surface area contributed by atoms with Crippen molar-refractivity contribution in [3.05, 3.63) is 33.8 Å². The van der Waals surface area contributed by atoms with Crippen molar-refractivity contribution in [3.63, 3.8) is 0 Å². The molecule has 0 unspecified atom stereocenters. The van der Waals surface area contributed by atoms with Gasteiger partial charge in [-0.15, -0.1) is 0 Å². The van der Waals surface area contributed by atoms with E-state index in [2.05, 4.69) is 33.8 Å². The molecule has 0 radical (unpaired) electrons. The van der Waals surface area contributed by atoms with Gasteiger partial charge in [0.25, 0.3) is 0 Å². The van der Waals surface area contributed by atoms with Gasteiger partial charge in [-0.05, 0) is 17.7 Å². The second-order valence-corrected chi connectivity index (χ2v) is 3.97. The largest absolute Gasteiger partial charge is 0.370 e. The molecule has 0 bridgehead atoms. The Balaban J connectivity index is 2.47. The van der Waals surface area contributed by atoms with Crippen LogP contribution in [0.4, 0.5) is 0 Å². The number of rotatable bonds is 0. The van der Waals surface area contributed by atoms with Gasteiger partial charge < -0.3 is 10.5 Å². The summed E-state index contributed by atoms with van der Waals surface area (Å²) < 4.78 is 6.49. The maximum absolute atomic E-state index is 5.37. The second kappa shape index (κ2) is 3.17. The fraction of sp³-hybridized carbons (Fsp3) is 0.333. The lowest BCUT2D eigenvalue weighted by molar-refractivity contribution is -0.437. The number of ether oxygens (including phenoxy) is 1. The first-order valence-electron chi connectivity index (χ1n) is 3.96. The van der Waals surface area contributed by atoms with E-state index in [4.69, 9.17) is 4.74 Å². The molecule has 0 spiro atoms. The Bertz CT molecular complexity index is 301. The van der Waals surface area contributed by atoms with Gasteiger partial charge in [-0.2, -0.15) is 0 Å². The average Bonchev–Trinajstić information content (AvgIpc) is 2.07. The van der Waals surface area contributed by atoms with E-state index >= 15 is 0 Å². The molecule has 0 amide bonds. The lowest BCUT2D eigenvalue weighted by atomic mass is 10.0. The van der Waals surface area contributed by atoms with Gasteiger partial charge >= 0.3 is 0 Å². The summed E-state index contributed by atoms with van der Waals surface area (Å²) in [6.45, 7) is 1.47. The zero-order valence-electron chi connectivity index (χ0n) is 6.72. The van der Waals surface area contributed by atoms with E-state index < -0.39 is 0 Å². The highest BCUT2D eigenvalue weighted by molar-refractivity contribution is 9.10. The van der Waals surface area contributed by atoms with Crippen molar-refractivity contribution >= 4 is 15.9 Å². The van der Waals surface area contributed by atoms with Gasteiger partial charge in [0.2, 0.25) is 0 Å². The summed E-state index contributed by atoms with van der Waals surface area (Å²) in [6, 6.07) is 6.55. The fourth-order valence-corrected chi connectivity index (χ4v) is 1.86. The van der Waals surface area contributed by atoms with Crippen molar-refractivity contribution in [2.75, 3.05) is 6.61 Å². The van der Waals surface area contributed by atoms with Gasteiger partial charge in [0, 0.05) is 10.0 Å². The monoisotopic (exact) mass is 228 g/mol. The molecule has 1 aliphatic heterocycles. The highest BCUT2D eigenvalue weighted by Gasteiger charge is 2.19. The Labute approximate surface area is 79.8 Å². The number of halogens is 1. The van der Waals surface area contributed by atoms with E-state index in [1.54, 1.807) is 0 Å². The Hall–Kier alpha value is -0.380. The van der Waals surface area contributed by atoms with Gasteiger partial charge in [-0.3, -0.25) is 0 Å². The first-order chi connectivity index (χ1) is 5.77. The third-order valence-corrected chi connectivity index (χ3v) is 2.62. The molecule has 2 rings (SSSR count). The number of fused-ring (bicyclic) bond motifs is 1. The van der Waals surface area contributed by atoms with Crippen molar-refractivity contribution in [3.8, 4) is 0 Å². The average molecular weight is 229 g/mol. The van der Waals surface area contributed by atoms with E-state index in [1.807, 2.05) is 6.07 Å². The summed E-state index contributed by atoms with van der Waals surface area (Å²) in [4.78, 5) is 0. The van der Waals surface area contributed by atoms with Crippen LogP contribution in [0.25, 0.3) is 0 Å². The van der Waals surface area contributed by atoms with Crippen molar-refractivity contribution in [2.45, 2.75) is 12.6 Å². The molecule has 0 fully saturated rings. The van der Waals surface area contributed by atoms with Crippen LogP contribution in [0.1, 0.15) is 17.2 Å². The van der Waals surface area contributed by atoms with Crippen LogP contribution in [0.3, 0.4) is 0 Å². The van der Waals surface area contributed by atoms with E-state index in [9.17, 15) is 0 Å². The molecule has 1 heterocycles. The molecule has 0 aliphatic carbocycles. The topological polar surface area (TPSA) is 36.9 Å². The third kappa shape index (κ3) is 1.40. The molecule has 12 heavy (non-hydrogen) atoms. The number of benzene rings is 1. The van der Waals surface area contributed by atoms with E-state index in [-0.39, 0.29) is 6.04 Å². The minimum Gasteiger partial charge on any atom is -0.370 e. The van der Waals surface area contributed by atoms with Crippen LogP contribution in [0.2, 0.25) is 0 Å². The molecule has 3 heteroatoms. The zero-order chi connectivity index (χ0) is 8.55. The standard InChI is InChI=1S/C9H10BrNO/c10-7-2-1-6-4-12-5-9(11)8(6)3-7/h1-3,9H,4-5,11H2/p+1/t9-/m0/s1. The van der Waals surface area contributed by atoms with Crippen LogP contribution in [0, 0.1) is 0 Å². The SMILES string of the molecule is [NH3+][C@H]1COCc2ccc(Br)cc21. The number of quaternary nitrogens is 1. The van der Waals surface area contributed by atoms with Crippen molar-refractivity contribution in [1.29, 1.82) is 0 Å².